The number of hydrogen-bond donors (Lipinski definition) is 1. The molecule has 1 rings (SSSR count). The molecule has 0 aromatic carbocycles. The summed E-state index contributed by atoms with van der Waals surface area (Å²) >= 11 is 1.31. The van der Waals surface area contributed by atoms with Gasteiger partial charge in [-0.25, -0.2) is 4.79 Å². The van der Waals surface area contributed by atoms with Gasteiger partial charge >= 0.3 is 5.97 Å². The molecule has 0 aliphatic rings. The van der Waals surface area contributed by atoms with Gasteiger partial charge < -0.3 is 9.84 Å². The highest BCUT2D eigenvalue weighted by Crippen LogP contribution is 2.29. The average Bonchev–Trinajstić information content (AvgIpc) is 2.55. The third-order valence-electron chi connectivity index (χ3n) is 1.91. The Bertz CT molecular complexity index is 317. The Hall–Kier alpha value is -1.03. The van der Waals surface area contributed by atoms with Crippen LogP contribution >= 0.6 is 11.3 Å². The minimum Gasteiger partial charge on any atom is -0.506 e. The second-order valence-corrected chi connectivity index (χ2v) is 4.16. The van der Waals surface area contributed by atoms with E-state index < -0.39 is 5.97 Å². The van der Waals surface area contributed by atoms with E-state index in [0.29, 0.717) is 4.88 Å². The minimum absolute atomic E-state index is 0.0351. The normalized spacial score (nSPS) is 10.1. The lowest BCUT2D eigenvalue weighted by Crippen LogP contribution is -1.97. The molecule has 0 amide bonds. The Morgan fingerprint density at radius 3 is 2.93 bits per heavy atom. The molecule has 0 saturated carbocycles. The molecule has 0 aliphatic carbocycles. The van der Waals surface area contributed by atoms with Crippen molar-refractivity contribution in [3.63, 3.8) is 0 Å². The summed E-state index contributed by atoms with van der Waals surface area (Å²) < 4.78 is 4.55. The summed E-state index contributed by atoms with van der Waals surface area (Å²) in [6.07, 6.45) is 3.08. The van der Waals surface area contributed by atoms with Crippen LogP contribution in [0.4, 0.5) is 0 Å². The van der Waals surface area contributed by atoms with Gasteiger partial charge in [-0.2, -0.15) is 0 Å². The lowest BCUT2D eigenvalue weighted by Gasteiger charge is -1.94. The van der Waals surface area contributed by atoms with Crippen LogP contribution in [0.5, 0.6) is 5.75 Å². The third kappa shape index (κ3) is 2.48. The molecule has 78 valence electrons. The summed E-state index contributed by atoms with van der Waals surface area (Å²) in [5.74, 6) is -0.428. The highest BCUT2D eigenvalue weighted by Gasteiger charge is 2.15. The van der Waals surface area contributed by atoms with Gasteiger partial charge in [0.15, 0.2) is 4.88 Å². The number of aromatic hydroxyl groups is 1. The van der Waals surface area contributed by atoms with Gasteiger partial charge in [-0.05, 0) is 18.9 Å². The number of ether oxygens (including phenoxy) is 1. The van der Waals surface area contributed by atoms with Gasteiger partial charge in [0.25, 0.3) is 0 Å². The van der Waals surface area contributed by atoms with E-state index in [4.69, 9.17) is 0 Å². The fraction of sp³-hybridized carbons (Fsp3) is 0.500. The Balaban J connectivity index is 2.77. The third-order valence-corrected chi connectivity index (χ3v) is 3.08. The van der Waals surface area contributed by atoms with Crippen molar-refractivity contribution in [1.82, 2.24) is 0 Å². The van der Waals surface area contributed by atoms with Crippen LogP contribution in [0.2, 0.25) is 0 Å². The first-order valence-corrected chi connectivity index (χ1v) is 5.40. The zero-order valence-corrected chi connectivity index (χ0v) is 9.19. The van der Waals surface area contributed by atoms with E-state index in [0.717, 1.165) is 24.1 Å². The van der Waals surface area contributed by atoms with E-state index in [-0.39, 0.29) is 5.75 Å². The molecule has 1 aromatic rings. The molecule has 4 heteroatoms. The summed E-state index contributed by atoms with van der Waals surface area (Å²) in [6, 6.07) is 1.65. The minimum atomic E-state index is -0.463. The van der Waals surface area contributed by atoms with Gasteiger partial charge in [0.05, 0.1) is 7.11 Å². The van der Waals surface area contributed by atoms with E-state index >= 15 is 0 Å². The summed E-state index contributed by atoms with van der Waals surface area (Å²) in [6.45, 7) is 2.11. The van der Waals surface area contributed by atoms with Crippen LogP contribution in [0.15, 0.2) is 6.07 Å². The molecule has 1 N–H and O–H groups in total. The Morgan fingerprint density at radius 2 is 2.36 bits per heavy atom. The van der Waals surface area contributed by atoms with Crippen molar-refractivity contribution < 1.29 is 14.6 Å². The number of methoxy groups -OCH3 is 1. The Kier molecular flexibility index (Phi) is 3.95. The number of esters is 1. The molecule has 0 unspecified atom stereocenters. The first-order chi connectivity index (χ1) is 6.69. The highest BCUT2D eigenvalue weighted by atomic mass is 32.1. The van der Waals surface area contributed by atoms with Crippen molar-refractivity contribution in [2.45, 2.75) is 26.2 Å². The molecule has 0 saturated heterocycles. The van der Waals surface area contributed by atoms with Crippen molar-refractivity contribution in [2.24, 2.45) is 0 Å². The van der Waals surface area contributed by atoms with Gasteiger partial charge in [-0.15, -0.1) is 11.3 Å². The van der Waals surface area contributed by atoms with Crippen LogP contribution < -0.4 is 0 Å². The number of carbonyl (C=O) groups is 1. The second-order valence-electron chi connectivity index (χ2n) is 3.02. The van der Waals surface area contributed by atoms with Crippen LogP contribution in [-0.4, -0.2) is 18.2 Å². The van der Waals surface area contributed by atoms with Gasteiger partial charge in [-0.3, -0.25) is 0 Å². The van der Waals surface area contributed by atoms with Crippen LogP contribution in [0, 0.1) is 0 Å². The van der Waals surface area contributed by atoms with E-state index in [9.17, 15) is 9.90 Å². The fourth-order valence-corrected chi connectivity index (χ4v) is 2.15. The molecule has 1 aromatic heterocycles. The number of aryl methyl sites for hydroxylation is 1. The molecule has 0 fully saturated rings. The fourth-order valence-electron chi connectivity index (χ4n) is 1.14. The maximum atomic E-state index is 11.1. The standard InChI is InChI=1S/C10H14O3S/c1-3-4-5-7-6-8(11)9(14-7)10(12)13-2/h6,11H,3-5H2,1-2H3. The van der Waals surface area contributed by atoms with Gasteiger partial charge in [0.2, 0.25) is 0 Å². The smallest absolute Gasteiger partial charge is 0.351 e. The Labute approximate surface area is 87.3 Å². The van der Waals surface area contributed by atoms with Crippen LogP contribution in [0.1, 0.15) is 34.3 Å². The number of unbranched alkanes of at least 4 members (excludes halogenated alkanes) is 1. The molecular weight excluding hydrogens is 200 g/mol. The number of rotatable bonds is 4. The molecule has 1 heterocycles. The van der Waals surface area contributed by atoms with Crippen molar-refractivity contribution in [1.29, 1.82) is 0 Å². The monoisotopic (exact) mass is 214 g/mol. The predicted octanol–water partition coefficient (Wildman–Crippen LogP) is 2.58. The highest BCUT2D eigenvalue weighted by molar-refractivity contribution is 7.14. The summed E-state index contributed by atoms with van der Waals surface area (Å²) in [5.41, 5.74) is 0. The van der Waals surface area contributed by atoms with Crippen molar-refractivity contribution in [2.75, 3.05) is 7.11 Å². The number of carbonyl (C=O) groups excluding carboxylic acids is 1. The quantitative estimate of drug-likeness (QED) is 0.783. The van der Waals surface area contributed by atoms with Gasteiger partial charge in [-0.1, -0.05) is 13.3 Å². The van der Waals surface area contributed by atoms with Crippen LogP contribution in [0.25, 0.3) is 0 Å². The predicted molar refractivity (Wildman–Crippen MR) is 55.9 cm³/mol. The van der Waals surface area contributed by atoms with Crippen LogP contribution in [0.3, 0.4) is 0 Å². The molecule has 0 aliphatic heterocycles. The first-order valence-electron chi connectivity index (χ1n) is 4.59. The Morgan fingerprint density at radius 1 is 1.64 bits per heavy atom. The molecular formula is C10H14O3S. The zero-order chi connectivity index (χ0) is 10.6. The van der Waals surface area contributed by atoms with Crippen molar-refractivity contribution in [3.8, 4) is 5.75 Å². The zero-order valence-electron chi connectivity index (χ0n) is 8.37. The lowest BCUT2D eigenvalue weighted by atomic mass is 10.2. The summed E-state index contributed by atoms with van der Waals surface area (Å²) in [5, 5.41) is 9.44. The first kappa shape index (κ1) is 11.0. The van der Waals surface area contributed by atoms with E-state index in [2.05, 4.69) is 11.7 Å². The molecule has 0 spiro atoms. The molecule has 3 nitrogen and oxygen atoms in total. The SMILES string of the molecule is CCCCc1cc(O)c(C(=O)OC)s1. The number of hydrogen-bond acceptors (Lipinski definition) is 4. The topological polar surface area (TPSA) is 46.5 Å². The van der Waals surface area contributed by atoms with Gasteiger partial charge in [0, 0.05) is 4.88 Å². The van der Waals surface area contributed by atoms with Crippen molar-refractivity contribution in [3.05, 3.63) is 15.8 Å². The van der Waals surface area contributed by atoms with E-state index in [1.165, 1.54) is 18.4 Å². The largest absolute Gasteiger partial charge is 0.506 e. The number of thiophene rings is 1. The molecule has 0 bridgehead atoms. The second kappa shape index (κ2) is 5.00. The van der Waals surface area contributed by atoms with Crippen LogP contribution in [-0.2, 0) is 11.2 Å². The summed E-state index contributed by atoms with van der Waals surface area (Å²) in [4.78, 5) is 12.5. The summed E-state index contributed by atoms with van der Waals surface area (Å²) in [7, 11) is 1.31. The maximum absolute atomic E-state index is 11.1. The molecule has 0 atom stereocenters. The van der Waals surface area contributed by atoms with E-state index in [1.54, 1.807) is 6.07 Å². The average molecular weight is 214 g/mol. The lowest BCUT2D eigenvalue weighted by molar-refractivity contribution is 0.0603. The molecule has 0 radical (unpaired) electrons. The van der Waals surface area contributed by atoms with Gasteiger partial charge in [0.1, 0.15) is 5.75 Å². The van der Waals surface area contributed by atoms with Crippen molar-refractivity contribution >= 4 is 17.3 Å². The maximum Gasteiger partial charge on any atom is 0.351 e. The molecule has 14 heavy (non-hydrogen) atoms. The van der Waals surface area contributed by atoms with E-state index in [1.807, 2.05) is 0 Å².